The number of hydrogen-bond acceptors (Lipinski definition) is 7. The summed E-state index contributed by atoms with van der Waals surface area (Å²) in [5.74, 6) is -0.241. The fraction of sp³-hybridized carbons (Fsp3) is 0.167. The average molecular weight is 461 g/mol. The van der Waals surface area contributed by atoms with Crippen LogP contribution in [0.4, 0.5) is 5.13 Å². The van der Waals surface area contributed by atoms with Gasteiger partial charge in [0.15, 0.2) is 10.7 Å². The Bertz CT molecular complexity index is 1520. The zero-order valence-corrected chi connectivity index (χ0v) is 18.8. The summed E-state index contributed by atoms with van der Waals surface area (Å²) >= 11 is 1.40. The summed E-state index contributed by atoms with van der Waals surface area (Å²) in [6.45, 7) is 2.02. The molecule has 0 saturated heterocycles. The Morgan fingerprint density at radius 1 is 1.15 bits per heavy atom. The van der Waals surface area contributed by atoms with Gasteiger partial charge >= 0.3 is 5.76 Å². The number of oxazole rings is 1. The van der Waals surface area contributed by atoms with Crippen LogP contribution < -0.4 is 15.4 Å². The molecule has 0 spiro atoms. The number of carbonyl (C=O) groups excluding carboxylic acids is 1. The summed E-state index contributed by atoms with van der Waals surface area (Å²) in [5, 5.41) is 0.508. The van der Waals surface area contributed by atoms with Crippen molar-refractivity contribution in [1.29, 1.82) is 0 Å². The number of para-hydroxylation sites is 2. The molecule has 5 rings (SSSR count). The van der Waals surface area contributed by atoms with Crippen LogP contribution in [0.3, 0.4) is 0 Å². The van der Waals surface area contributed by atoms with E-state index in [2.05, 4.69) is 4.98 Å². The van der Waals surface area contributed by atoms with E-state index in [9.17, 15) is 9.59 Å². The molecule has 0 atom stereocenters. The van der Waals surface area contributed by atoms with E-state index in [1.165, 1.54) is 15.9 Å². The van der Waals surface area contributed by atoms with Crippen LogP contribution in [0.15, 0.2) is 70.0 Å². The molecule has 3 aromatic heterocycles. The van der Waals surface area contributed by atoms with Gasteiger partial charge in [-0.2, -0.15) is 0 Å². The lowest BCUT2D eigenvalue weighted by molar-refractivity contribution is -0.119. The largest absolute Gasteiger partial charge is 0.494 e. The van der Waals surface area contributed by atoms with Crippen molar-refractivity contribution in [3.63, 3.8) is 0 Å². The molecule has 0 saturated carbocycles. The Labute approximate surface area is 192 Å². The molecule has 1 amide bonds. The maximum Gasteiger partial charge on any atom is 0.420 e. The second-order valence-corrected chi connectivity index (χ2v) is 8.46. The number of pyridine rings is 1. The van der Waals surface area contributed by atoms with Crippen LogP contribution in [0.5, 0.6) is 5.75 Å². The van der Waals surface area contributed by atoms with Gasteiger partial charge in [0.25, 0.3) is 0 Å². The minimum atomic E-state index is -0.579. The number of methoxy groups -OCH3 is 1. The van der Waals surface area contributed by atoms with Crippen LogP contribution in [0.1, 0.15) is 11.3 Å². The van der Waals surface area contributed by atoms with Gasteiger partial charge in [-0.1, -0.05) is 35.6 Å². The zero-order chi connectivity index (χ0) is 22.9. The minimum Gasteiger partial charge on any atom is -0.494 e. The predicted molar refractivity (Wildman–Crippen MR) is 127 cm³/mol. The van der Waals surface area contributed by atoms with Crippen LogP contribution in [-0.4, -0.2) is 27.6 Å². The third kappa shape index (κ3) is 3.87. The topological polar surface area (TPSA) is 90.5 Å². The van der Waals surface area contributed by atoms with Crippen molar-refractivity contribution in [3.05, 3.63) is 82.6 Å². The second-order valence-electron chi connectivity index (χ2n) is 7.48. The van der Waals surface area contributed by atoms with Crippen LogP contribution in [0, 0.1) is 6.92 Å². The molecular formula is C24H20N4O4S. The predicted octanol–water partition coefficient (Wildman–Crippen LogP) is 4.15. The van der Waals surface area contributed by atoms with E-state index in [1.54, 1.807) is 42.5 Å². The fourth-order valence-electron chi connectivity index (χ4n) is 3.68. The molecule has 5 aromatic rings. The number of nitrogens with zero attached hydrogens (tertiary/aromatic N) is 4. The number of fused-ring (bicyclic) bond motifs is 2. The third-order valence-electron chi connectivity index (χ3n) is 5.36. The molecule has 33 heavy (non-hydrogen) atoms. The molecular weight excluding hydrogens is 440 g/mol. The minimum absolute atomic E-state index is 0.186. The van der Waals surface area contributed by atoms with Crippen molar-refractivity contribution in [2.45, 2.75) is 20.0 Å². The highest BCUT2D eigenvalue weighted by Gasteiger charge is 2.24. The number of rotatable bonds is 6. The quantitative estimate of drug-likeness (QED) is 0.378. The van der Waals surface area contributed by atoms with Crippen LogP contribution >= 0.6 is 11.3 Å². The molecule has 0 bridgehead atoms. The van der Waals surface area contributed by atoms with Gasteiger partial charge in [-0.3, -0.25) is 19.2 Å². The Kier molecular flexibility index (Phi) is 5.39. The maximum absolute atomic E-state index is 13.6. The summed E-state index contributed by atoms with van der Waals surface area (Å²) < 4.78 is 13.0. The van der Waals surface area contributed by atoms with E-state index >= 15 is 0 Å². The first kappa shape index (κ1) is 20.9. The SMILES string of the molecule is COc1ccc(C)c2sc(N(Cc3ccccn3)C(=O)Cn3c(=O)oc4ccccc43)nc12. The number of aryl methyl sites for hydroxylation is 1. The zero-order valence-electron chi connectivity index (χ0n) is 18.0. The summed E-state index contributed by atoms with van der Waals surface area (Å²) in [6.07, 6.45) is 1.68. The number of benzene rings is 2. The number of aromatic nitrogens is 3. The Morgan fingerprint density at radius 2 is 1.97 bits per heavy atom. The van der Waals surface area contributed by atoms with Gasteiger partial charge in [-0.05, 0) is 42.8 Å². The monoisotopic (exact) mass is 460 g/mol. The van der Waals surface area contributed by atoms with Crippen LogP contribution in [-0.2, 0) is 17.9 Å². The molecule has 0 aliphatic carbocycles. The van der Waals surface area contributed by atoms with E-state index in [0.717, 1.165) is 10.3 Å². The van der Waals surface area contributed by atoms with Gasteiger partial charge in [-0.15, -0.1) is 0 Å². The molecule has 0 aliphatic rings. The van der Waals surface area contributed by atoms with Gasteiger partial charge in [0.05, 0.1) is 29.6 Å². The van der Waals surface area contributed by atoms with Gasteiger partial charge in [0.2, 0.25) is 5.91 Å². The van der Waals surface area contributed by atoms with E-state index in [4.69, 9.17) is 14.1 Å². The van der Waals surface area contributed by atoms with E-state index in [1.807, 2.05) is 37.3 Å². The number of anilines is 1. The van der Waals surface area contributed by atoms with Crippen molar-refractivity contribution < 1.29 is 13.9 Å². The summed E-state index contributed by atoms with van der Waals surface area (Å²) in [6, 6.07) is 16.4. The van der Waals surface area contributed by atoms with Gasteiger partial charge < -0.3 is 9.15 Å². The average Bonchev–Trinajstić information content (AvgIpc) is 3.41. The molecule has 9 heteroatoms. The normalized spacial score (nSPS) is 11.2. The lowest BCUT2D eigenvalue weighted by Gasteiger charge is -2.19. The number of carbonyl (C=O) groups is 1. The van der Waals surface area contributed by atoms with E-state index in [0.29, 0.717) is 33.2 Å². The molecule has 166 valence electrons. The molecule has 3 heterocycles. The van der Waals surface area contributed by atoms with E-state index < -0.39 is 5.76 Å². The standard InChI is InChI=1S/C24H20N4O4S/c1-15-10-11-19(31-2)21-22(15)33-23(26-21)28(13-16-7-5-6-12-25-16)20(29)14-27-17-8-3-4-9-18(17)32-24(27)30/h3-12H,13-14H2,1-2H3. The summed E-state index contributed by atoms with van der Waals surface area (Å²) in [5.41, 5.74) is 3.44. The third-order valence-corrected chi connectivity index (χ3v) is 6.57. The molecule has 0 fully saturated rings. The van der Waals surface area contributed by atoms with E-state index in [-0.39, 0.29) is 19.0 Å². The lowest BCUT2D eigenvalue weighted by Crippen LogP contribution is -2.35. The van der Waals surface area contributed by atoms with Crippen molar-refractivity contribution in [3.8, 4) is 5.75 Å². The van der Waals surface area contributed by atoms with Crippen molar-refractivity contribution in [2.75, 3.05) is 12.0 Å². The first-order chi connectivity index (χ1) is 16.0. The Hall–Kier alpha value is -3.98. The van der Waals surface area contributed by atoms with Crippen LogP contribution in [0.2, 0.25) is 0 Å². The maximum atomic E-state index is 13.6. The molecule has 0 radical (unpaired) electrons. The smallest absolute Gasteiger partial charge is 0.420 e. The number of thiazole rings is 1. The lowest BCUT2D eigenvalue weighted by atomic mass is 10.2. The highest BCUT2D eigenvalue weighted by molar-refractivity contribution is 7.22. The molecule has 0 unspecified atom stereocenters. The number of amides is 1. The second kappa shape index (κ2) is 8.51. The van der Waals surface area contributed by atoms with Gasteiger partial charge in [-0.25, -0.2) is 9.78 Å². The summed E-state index contributed by atoms with van der Waals surface area (Å²) in [7, 11) is 1.59. The van der Waals surface area contributed by atoms with Gasteiger partial charge in [0, 0.05) is 6.20 Å². The first-order valence-corrected chi connectivity index (χ1v) is 11.1. The fourth-order valence-corrected chi connectivity index (χ4v) is 4.75. The number of hydrogen-bond donors (Lipinski definition) is 0. The number of ether oxygens (including phenoxy) is 1. The summed E-state index contributed by atoms with van der Waals surface area (Å²) in [4.78, 5) is 36.7. The first-order valence-electron chi connectivity index (χ1n) is 10.3. The molecule has 8 nitrogen and oxygen atoms in total. The highest BCUT2D eigenvalue weighted by atomic mass is 32.1. The Morgan fingerprint density at radius 3 is 2.76 bits per heavy atom. The molecule has 0 N–H and O–H groups in total. The van der Waals surface area contributed by atoms with Gasteiger partial charge in [0.1, 0.15) is 17.8 Å². The Balaban J connectivity index is 1.58. The van der Waals surface area contributed by atoms with Crippen molar-refractivity contribution >= 4 is 43.7 Å². The molecule has 0 aliphatic heterocycles. The van der Waals surface area contributed by atoms with Crippen molar-refractivity contribution in [2.24, 2.45) is 0 Å². The molecule has 2 aromatic carbocycles. The highest BCUT2D eigenvalue weighted by Crippen LogP contribution is 2.37. The van der Waals surface area contributed by atoms with Crippen molar-refractivity contribution in [1.82, 2.24) is 14.5 Å². The van der Waals surface area contributed by atoms with Crippen LogP contribution in [0.25, 0.3) is 21.3 Å².